The van der Waals surface area contributed by atoms with Crippen molar-refractivity contribution in [1.29, 1.82) is 0 Å². The van der Waals surface area contributed by atoms with Gasteiger partial charge in [-0.05, 0) is 31.8 Å². The Morgan fingerprint density at radius 2 is 2.00 bits per heavy atom. The smallest absolute Gasteiger partial charge is 0.141 e. The molecule has 0 saturated carbocycles. The van der Waals surface area contributed by atoms with Gasteiger partial charge in [0.2, 0.25) is 0 Å². The van der Waals surface area contributed by atoms with Crippen LogP contribution in [0.4, 0.5) is 0 Å². The number of hydrogen-bond acceptors (Lipinski definition) is 3. The van der Waals surface area contributed by atoms with Crippen LogP contribution in [0.3, 0.4) is 0 Å². The van der Waals surface area contributed by atoms with Gasteiger partial charge in [0.1, 0.15) is 5.78 Å². The third-order valence-corrected chi connectivity index (χ3v) is 2.39. The number of Topliss-reactive ketones (excluding diaryl/α,β-unsaturated/α-hetero) is 1. The first-order valence-corrected chi connectivity index (χ1v) is 5.22. The van der Waals surface area contributed by atoms with Crippen LogP contribution in [0.15, 0.2) is 24.5 Å². The maximum Gasteiger partial charge on any atom is 0.141 e. The first-order chi connectivity index (χ1) is 7.15. The normalized spacial score (nSPS) is 12.8. The maximum absolute atomic E-state index is 11.8. The van der Waals surface area contributed by atoms with Gasteiger partial charge in [-0.15, -0.1) is 0 Å². The van der Waals surface area contributed by atoms with Gasteiger partial charge < -0.3 is 4.90 Å². The van der Waals surface area contributed by atoms with Gasteiger partial charge in [-0.1, -0.05) is 6.92 Å². The van der Waals surface area contributed by atoms with Crippen LogP contribution in [0.1, 0.15) is 24.8 Å². The Bertz CT molecular complexity index is 309. The Morgan fingerprint density at radius 3 is 2.47 bits per heavy atom. The number of hydrogen-bond donors (Lipinski definition) is 0. The first-order valence-electron chi connectivity index (χ1n) is 5.22. The molecule has 1 rings (SSSR count). The second-order valence-corrected chi connectivity index (χ2v) is 3.92. The zero-order valence-electron chi connectivity index (χ0n) is 9.60. The molecule has 15 heavy (non-hydrogen) atoms. The number of aromatic nitrogens is 1. The molecule has 3 nitrogen and oxygen atoms in total. The molecular formula is C12H18N2O. The molecule has 1 aromatic rings. The molecule has 0 amide bonds. The fourth-order valence-electron chi connectivity index (χ4n) is 1.60. The Hall–Kier alpha value is -1.22. The highest BCUT2D eigenvalue weighted by atomic mass is 16.1. The van der Waals surface area contributed by atoms with E-state index in [0.29, 0.717) is 6.42 Å². The van der Waals surface area contributed by atoms with E-state index in [0.717, 1.165) is 12.1 Å². The van der Waals surface area contributed by atoms with Crippen molar-refractivity contribution in [2.24, 2.45) is 0 Å². The van der Waals surface area contributed by atoms with Crippen LogP contribution in [-0.2, 0) is 4.79 Å². The van der Waals surface area contributed by atoms with Gasteiger partial charge in [-0.2, -0.15) is 0 Å². The third kappa shape index (κ3) is 3.44. The van der Waals surface area contributed by atoms with Gasteiger partial charge in [0.05, 0.1) is 5.92 Å². The van der Waals surface area contributed by atoms with E-state index in [2.05, 4.69) is 4.98 Å². The van der Waals surface area contributed by atoms with Gasteiger partial charge in [-0.25, -0.2) is 0 Å². The van der Waals surface area contributed by atoms with E-state index in [1.807, 2.05) is 38.1 Å². The summed E-state index contributed by atoms with van der Waals surface area (Å²) in [7, 11) is 3.97. The minimum absolute atomic E-state index is 0.0204. The second kappa shape index (κ2) is 5.61. The SMILES string of the molecule is CCC(=O)C(CN(C)C)c1ccncc1. The zero-order valence-corrected chi connectivity index (χ0v) is 9.60. The van der Waals surface area contributed by atoms with Crippen LogP contribution in [0.25, 0.3) is 0 Å². The highest BCUT2D eigenvalue weighted by Gasteiger charge is 2.19. The van der Waals surface area contributed by atoms with Crippen LogP contribution in [-0.4, -0.2) is 36.3 Å². The molecule has 0 aliphatic heterocycles. The van der Waals surface area contributed by atoms with Crippen molar-refractivity contribution in [1.82, 2.24) is 9.88 Å². The number of ketones is 1. The summed E-state index contributed by atoms with van der Waals surface area (Å²) < 4.78 is 0. The minimum Gasteiger partial charge on any atom is -0.308 e. The number of carbonyl (C=O) groups is 1. The average molecular weight is 206 g/mol. The number of likely N-dealkylation sites (N-methyl/N-ethyl adjacent to an activating group) is 1. The molecule has 0 bridgehead atoms. The van der Waals surface area contributed by atoms with Crippen LogP contribution >= 0.6 is 0 Å². The lowest BCUT2D eigenvalue weighted by molar-refractivity contribution is -0.120. The van der Waals surface area contributed by atoms with E-state index < -0.39 is 0 Å². The first kappa shape index (κ1) is 11.9. The Morgan fingerprint density at radius 1 is 1.40 bits per heavy atom. The summed E-state index contributed by atoms with van der Waals surface area (Å²) in [5.74, 6) is 0.267. The molecule has 0 radical (unpaired) electrons. The largest absolute Gasteiger partial charge is 0.308 e. The monoisotopic (exact) mass is 206 g/mol. The van der Waals surface area contributed by atoms with Crippen molar-refractivity contribution in [3.8, 4) is 0 Å². The maximum atomic E-state index is 11.8. The molecule has 0 saturated heterocycles. The topological polar surface area (TPSA) is 33.2 Å². The van der Waals surface area contributed by atoms with Gasteiger partial charge in [0.25, 0.3) is 0 Å². The van der Waals surface area contributed by atoms with Gasteiger partial charge in [-0.3, -0.25) is 9.78 Å². The molecule has 0 N–H and O–H groups in total. The Labute approximate surface area is 91.1 Å². The fraction of sp³-hybridized carbons (Fsp3) is 0.500. The van der Waals surface area contributed by atoms with E-state index in [9.17, 15) is 4.79 Å². The van der Waals surface area contributed by atoms with Crippen molar-refractivity contribution < 1.29 is 4.79 Å². The third-order valence-electron chi connectivity index (χ3n) is 2.39. The van der Waals surface area contributed by atoms with Gasteiger partial charge >= 0.3 is 0 Å². The molecule has 0 aliphatic rings. The summed E-state index contributed by atoms with van der Waals surface area (Å²) >= 11 is 0. The van der Waals surface area contributed by atoms with E-state index in [-0.39, 0.29) is 11.7 Å². The second-order valence-electron chi connectivity index (χ2n) is 3.92. The van der Waals surface area contributed by atoms with Crippen molar-refractivity contribution in [3.63, 3.8) is 0 Å². The molecular weight excluding hydrogens is 188 g/mol. The molecule has 1 heterocycles. The highest BCUT2D eigenvalue weighted by molar-refractivity contribution is 5.85. The van der Waals surface area contributed by atoms with Crippen LogP contribution in [0, 0.1) is 0 Å². The molecule has 0 aliphatic carbocycles. The average Bonchev–Trinajstić information content (AvgIpc) is 2.26. The summed E-state index contributed by atoms with van der Waals surface area (Å²) in [6.45, 7) is 2.67. The number of carbonyl (C=O) groups excluding carboxylic acids is 1. The zero-order chi connectivity index (χ0) is 11.3. The van der Waals surface area contributed by atoms with E-state index in [1.165, 1.54) is 0 Å². The van der Waals surface area contributed by atoms with Crippen LogP contribution in [0.5, 0.6) is 0 Å². The molecule has 0 spiro atoms. The molecule has 1 atom stereocenters. The van der Waals surface area contributed by atoms with Crippen LogP contribution < -0.4 is 0 Å². The van der Waals surface area contributed by atoms with Crippen molar-refractivity contribution in [3.05, 3.63) is 30.1 Å². The van der Waals surface area contributed by atoms with Crippen molar-refractivity contribution in [2.45, 2.75) is 19.3 Å². The van der Waals surface area contributed by atoms with Gasteiger partial charge in [0, 0.05) is 25.4 Å². The summed E-state index contributed by atoms with van der Waals surface area (Å²) in [6.07, 6.45) is 4.06. The molecule has 82 valence electrons. The lowest BCUT2D eigenvalue weighted by Gasteiger charge is -2.19. The number of rotatable bonds is 5. The van der Waals surface area contributed by atoms with Crippen LogP contribution in [0.2, 0.25) is 0 Å². The van der Waals surface area contributed by atoms with E-state index in [1.54, 1.807) is 12.4 Å². The summed E-state index contributed by atoms with van der Waals surface area (Å²) in [5, 5.41) is 0. The standard InChI is InChI=1S/C12H18N2O/c1-4-12(15)11(9-14(2)3)10-5-7-13-8-6-10/h5-8,11H,4,9H2,1-3H3. The van der Waals surface area contributed by atoms with E-state index >= 15 is 0 Å². The molecule has 1 aromatic heterocycles. The molecule has 0 aromatic carbocycles. The molecule has 0 fully saturated rings. The fourth-order valence-corrected chi connectivity index (χ4v) is 1.60. The molecule has 1 unspecified atom stereocenters. The van der Waals surface area contributed by atoms with Crippen molar-refractivity contribution >= 4 is 5.78 Å². The number of nitrogens with zero attached hydrogens (tertiary/aromatic N) is 2. The quantitative estimate of drug-likeness (QED) is 0.735. The summed E-state index contributed by atoms with van der Waals surface area (Å²) in [4.78, 5) is 17.8. The van der Waals surface area contributed by atoms with Crippen molar-refractivity contribution in [2.75, 3.05) is 20.6 Å². The summed E-state index contributed by atoms with van der Waals surface area (Å²) in [6, 6.07) is 3.84. The Kier molecular flexibility index (Phi) is 4.43. The predicted octanol–water partition coefficient (Wildman–Crippen LogP) is 1.71. The van der Waals surface area contributed by atoms with Gasteiger partial charge in [0.15, 0.2) is 0 Å². The molecule has 3 heteroatoms. The Balaban J connectivity index is 2.86. The predicted molar refractivity (Wildman–Crippen MR) is 60.8 cm³/mol. The highest BCUT2D eigenvalue weighted by Crippen LogP contribution is 2.18. The number of pyridine rings is 1. The lowest BCUT2D eigenvalue weighted by Crippen LogP contribution is -2.25. The lowest BCUT2D eigenvalue weighted by atomic mass is 9.94. The summed E-state index contributed by atoms with van der Waals surface area (Å²) in [5.41, 5.74) is 1.06. The minimum atomic E-state index is -0.0204. The van der Waals surface area contributed by atoms with E-state index in [4.69, 9.17) is 0 Å².